The van der Waals surface area contributed by atoms with E-state index >= 15 is 0 Å². The summed E-state index contributed by atoms with van der Waals surface area (Å²) in [4.78, 5) is 8.22. The Kier molecular flexibility index (Phi) is 4.89. The molecule has 15 heavy (non-hydrogen) atoms. The monoisotopic (exact) mass is 226 g/mol. The molecule has 0 radical (unpaired) electrons. The molecule has 1 atom stereocenters. The van der Waals surface area contributed by atoms with Crippen LogP contribution in [0, 0.1) is 0 Å². The van der Waals surface area contributed by atoms with Crippen LogP contribution in [0.4, 0.5) is 0 Å². The fourth-order valence-electron chi connectivity index (χ4n) is 1.04. The maximum absolute atomic E-state index is 8.47. The molecule has 1 rings (SSSR count). The van der Waals surface area contributed by atoms with Gasteiger partial charge in [0.25, 0.3) is 0 Å². The van der Waals surface area contributed by atoms with E-state index in [0.717, 1.165) is 11.6 Å². The van der Waals surface area contributed by atoms with Gasteiger partial charge in [0.2, 0.25) is 0 Å². The van der Waals surface area contributed by atoms with Gasteiger partial charge in [-0.3, -0.25) is 0 Å². The van der Waals surface area contributed by atoms with Crippen LogP contribution in [0.5, 0.6) is 0 Å². The number of thioether (sulfide) groups is 1. The van der Waals surface area contributed by atoms with Crippen LogP contribution in [-0.4, -0.2) is 26.3 Å². The van der Waals surface area contributed by atoms with E-state index in [1.165, 1.54) is 11.8 Å². The maximum Gasteiger partial charge on any atom is 0.187 e. The summed E-state index contributed by atoms with van der Waals surface area (Å²) in [5.74, 6) is 0.241. The van der Waals surface area contributed by atoms with Gasteiger partial charge in [-0.05, 0) is 12.5 Å². The van der Waals surface area contributed by atoms with Gasteiger partial charge >= 0.3 is 0 Å². The van der Waals surface area contributed by atoms with Gasteiger partial charge in [-0.25, -0.2) is 9.97 Å². The molecular weight excluding hydrogens is 212 g/mol. The Labute approximate surface area is 92.8 Å². The van der Waals surface area contributed by atoms with E-state index in [0.29, 0.717) is 6.42 Å². The van der Waals surface area contributed by atoms with Gasteiger partial charge in [-0.2, -0.15) is 0 Å². The van der Waals surface area contributed by atoms with E-state index in [9.17, 15) is 0 Å². The zero-order valence-corrected chi connectivity index (χ0v) is 9.31. The van der Waals surface area contributed by atoms with Crippen molar-refractivity contribution in [1.82, 2.24) is 9.97 Å². The predicted octanol–water partition coefficient (Wildman–Crippen LogP) is 1.48. The molecule has 0 aliphatic carbocycles. The Morgan fingerprint density at radius 3 is 2.80 bits per heavy atom. The SMILES string of the molecule is CCC(C/C(N)=N/O)Sc1ncccn1. The Hall–Kier alpha value is -1.30. The number of nitrogens with zero attached hydrogens (tertiary/aromatic N) is 3. The maximum atomic E-state index is 8.47. The van der Waals surface area contributed by atoms with Crippen molar-refractivity contribution in [1.29, 1.82) is 0 Å². The minimum Gasteiger partial charge on any atom is -0.409 e. The Morgan fingerprint density at radius 2 is 2.27 bits per heavy atom. The van der Waals surface area contributed by atoms with E-state index in [1.807, 2.05) is 6.92 Å². The first kappa shape index (κ1) is 11.8. The third kappa shape index (κ3) is 4.16. The Balaban J connectivity index is 2.54. The lowest BCUT2D eigenvalue weighted by Gasteiger charge is -2.11. The van der Waals surface area contributed by atoms with Crippen LogP contribution in [0.2, 0.25) is 0 Å². The molecule has 0 bridgehead atoms. The number of aromatic nitrogens is 2. The Morgan fingerprint density at radius 1 is 1.60 bits per heavy atom. The number of hydrogen-bond acceptors (Lipinski definition) is 5. The fraction of sp³-hybridized carbons (Fsp3) is 0.444. The van der Waals surface area contributed by atoms with Gasteiger partial charge in [0.1, 0.15) is 5.84 Å². The highest BCUT2D eigenvalue weighted by atomic mass is 32.2. The molecule has 0 saturated heterocycles. The smallest absolute Gasteiger partial charge is 0.187 e. The molecule has 6 heteroatoms. The van der Waals surface area contributed by atoms with Crippen molar-refractivity contribution in [2.75, 3.05) is 0 Å². The lowest BCUT2D eigenvalue weighted by Crippen LogP contribution is -2.18. The van der Waals surface area contributed by atoms with Crippen LogP contribution in [0.25, 0.3) is 0 Å². The summed E-state index contributed by atoms with van der Waals surface area (Å²) in [6.07, 6.45) is 4.85. The van der Waals surface area contributed by atoms with Gasteiger partial charge in [0.05, 0.1) is 0 Å². The zero-order chi connectivity index (χ0) is 11.1. The molecule has 3 N–H and O–H groups in total. The molecule has 82 valence electrons. The van der Waals surface area contributed by atoms with Gasteiger partial charge < -0.3 is 10.9 Å². The highest BCUT2D eigenvalue weighted by molar-refractivity contribution is 7.99. The minimum absolute atomic E-state index is 0.239. The second-order valence-electron chi connectivity index (χ2n) is 2.97. The summed E-state index contributed by atoms with van der Waals surface area (Å²) in [7, 11) is 0. The average Bonchev–Trinajstić information content (AvgIpc) is 2.29. The van der Waals surface area contributed by atoms with Crippen LogP contribution >= 0.6 is 11.8 Å². The van der Waals surface area contributed by atoms with Crippen LogP contribution in [-0.2, 0) is 0 Å². The number of nitrogens with two attached hydrogens (primary N) is 1. The summed E-state index contributed by atoms with van der Waals surface area (Å²) < 4.78 is 0. The van der Waals surface area contributed by atoms with Crippen molar-refractivity contribution < 1.29 is 5.21 Å². The summed E-state index contributed by atoms with van der Waals surface area (Å²) in [5, 5.41) is 12.4. The second kappa shape index (κ2) is 6.23. The van der Waals surface area contributed by atoms with Crippen LogP contribution < -0.4 is 5.73 Å². The first-order valence-electron chi connectivity index (χ1n) is 4.66. The molecule has 1 aromatic rings. The van der Waals surface area contributed by atoms with E-state index in [1.54, 1.807) is 18.5 Å². The summed E-state index contributed by atoms with van der Waals surface area (Å²) in [5.41, 5.74) is 5.45. The molecule has 1 heterocycles. The van der Waals surface area contributed by atoms with Gasteiger partial charge in [0.15, 0.2) is 5.16 Å². The predicted molar refractivity (Wildman–Crippen MR) is 60.0 cm³/mol. The van der Waals surface area contributed by atoms with Crippen molar-refractivity contribution in [2.45, 2.75) is 30.2 Å². The van der Waals surface area contributed by atoms with Crippen molar-refractivity contribution in [3.05, 3.63) is 18.5 Å². The van der Waals surface area contributed by atoms with Crippen LogP contribution in [0.3, 0.4) is 0 Å². The lowest BCUT2D eigenvalue weighted by atomic mass is 10.2. The standard InChI is InChI=1S/C9H14N4OS/c1-2-7(6-8(10)13-14)15-9-11-4-3-5-12-9/h3-5,7,14H,2,6H2,1H3,(H2,10,13). The average molecular weight is 226 g/mol. The van der Waals surface area contributed by atoms with Crippen molar-refractivity contribution in [3.63, 3.8) is 0 Å². The number of hydrogen-bond donors (Lipinski definition) is 2. The first-order valence-corrected chi connectivity index (χ1v) is 5.54. The van der Waals surface area contributed by atoms with Crippen LogP contribution in [0.1, 0.15) is 19.8 Å². The Bertz CT molecular complexity index is 317. The number of amidine groups is 1. The fourth-order valence-corrected chi connectivity index (χ4v) is 2.00. The second-order valence-corrected chi connectivity index (χ2v) is 4.24. The third-order valence-corrected chi connectivity index (χ3v) is 3.09. The summed E-state index contributed by atoms with van der Waals surface area (Å²) in [6, 6.07) is 1.77. The van der Waals surface area contributed by atoms with Gasteiger partial charge in [0, 0.05) is 24.1 Å². The number of rotatable bonds is 5. The number of oxime groups is 1. The molecule has 0 saturated carbocycles. The van der Waals surface area contributed by atoms with E-state index < -0.39 is 0 Å². The molecule has 5 nitrogen and oxygen atoms in total. The molecule has 0 fully saturated rings. The molecule has 0 spiro atoms. The molecule has 1 unspecified atom stereocenters. The highest BCUT2D eigenvalue weighted by Crippen LogP contribution is 2.23. The highest BCUT2D eigenvalue weighted by Gasteiger charge is 2.11. The van der Waals surface area contributed by atoms with Crippen molar-refractivity contribution >= 4 is 17.6 Å². The van der Waals surface area contributed by atoms with Crippen molar-refractivity contribution in [2.24, 2.45) is 10.9 Å². The summed E-state index contributed by atoms with van der Waals surface area (Å²) in [6.45, 7) is 2.05. The van der Waals surface area contributed by atoms with E-state index in [2.05, 4.69) is 15.1 Å². The van der Waals surface area contributed by atoms with Crippen molar-refractivity contribution in [3.8, 4) is 0 Å². The largest absolute Gasteiger partial charge is 0.409 e. The molecule has 0 amide bonds. The lowest BCUT2D eigenvalue weighted by molar-refractivity contribution is 0.316. The van der Waals surface area contributed by atoms with E-state index in [4.69, 9.17) is 10.9 Å². The molecule has 1 aromatic heterocycles. The normalized spacial score (nSPS) is 13.8. The molecule has 0 aliphatic rings. The van der Waals surface area contributed by atoms with Gasteiger partial charge in [-0.15, -0.1) is 0 Å². The molecule has 0 aromatic carbocycles. The molecular formula is C9H14N4OS. The van der Waals surface area contributed by atoms with Gasteiger partial charge in [-0.1, -0.05) is 23.8 Å². The van der Waals surface area contributed by atoms with Crippen LogP contribution in [0.15, 0.2) is 28.8 Å². The summed E-state index contributed by atoms with van der Waals surface area (Å²) >= 11 is 1.54. The zero-order valence-electron chi connectivity index (χ0n) is 8.50. The quantitative estimate of drug-likeness (QED) is 0.198. The minimum atomic E-state index is 0.239. The van der Waals surface area contributed by atoms with E-state index in [-0.39, 0.29) is 11.1 Å². The third-order valence-electron chi connectivity index (χ3n) is 1.83. The topological polar surface area (TPSA) is 84.4 Å². The first-order chi connectivity index (χ1) is 7.26. The molecule has 0 aliphatic heterocycles.